The van der Waals surface area contributed by atoms with E-state index in [1.165, 1.54) is 0 Å². The van der Waals surface area contributed by atoms with Crippen LogP contribution in [-0.2, 0) is 11.2 Å². The Labute approximate surface area is 160 Å². The summed E-state index contributed by atoms with van der Waals surface area (Å²) in [6, 6.07) is 18.0. The van der Waals surface area contributed by atoms with Gasteiger partial charge in [-0.15, -0.1) is 12.4 Å². The molecule has 0 aliphatic carbocycles. The highest BCUT2D eigenvalue weighted by atomic mass is 35.5. The molecule has 0 aliphatic heterocycles. The maximum atomic E-state index is 12.5. The highest BCUT2D eigenvalue weighted by Gasteiger charge is 2.21. The zero-order chi connectivity index (χ0) is 17.9. The summed E-state index contributed by atoms with van der Waals surface area (Å²) in [7, 11) is 0. The standard InChI is InChI=1S/C20H25N3O2.ClH/c21-13-7-8-14-22-20(25)18(15-16-9-3-1-4-10-16)23-19(24)17-11-5-2-6-12-17;/h1-6,9-12,18H,7-8,13-15,21H2,(H,22,25)(H,23,24);1H. The van der Waals surface area contributed by atoms with Crippen molar-refractivity contribution in [2.75, 3.05) is 13.1 Å². The van der Waals surface area contributed by atoms with Crippen molar-refractivity contribution in [1.29, 1.82) is 0 Å². The Morgan fingerprint density at radius 2 is 1.54 bits per heavy atom. The summed E-state index contributed by atoms with van der Waals surface area (Å²) in [6.45, 7) is 1.16. The first kappa shape index (κ1) is 21.7. The summed E-state index contributed by atoms with van der Waals surface area (Å²) >= 11 is 0. The van der Waals surface area contributed by atoms with Gasteiger partial charge in [-0.25, -0.2) is 0 Å². The Hall–Kier alpha value is -2.37. The monoisotopic (exact) mass is 375 g/mol. The minimum atomic E-state index is -0.618. The first-order chi connectivity index (χ1) is 12.2. The molecule has 5 nitrogen and oxygen atoms in total. The van der Waals surface area contributed by atoms with E-state index in [-0.39, 0.29) is 24.2 Å². The third-order valence-electron chi connectivity index (χ3n) is 3.87. The normalized spacial score (nSPS) is 11.1. The van der Waals surface area contributed by atoms with Gasteiger partial charge in [0.1, 0.15) is 6.04 Å². The van der Waals surface area contributed by atoms with Gasteiger partial charge >= 0.3 is 0 Å². The van der Waals surface area contributed by atoms with Gasteiger partial charge in [0, 0.05) is 18.5 Å². The molecule has 0 saturated carbocycles. The molecule has 1 unspecified atom stereocenters. The molecule has 2 aromatic carbocycles. The molecule has 2 rings (SSSR count). The van der Waals surface area contributed by atoms with Crippen LogP contribution in [0.4, 0.5) is 0 Å². The molecule has 2 aromatic rings. The number of benzene rings is 2. The number of nitrogens with one attached hydrogen (secondary N) is 2. The second-order valence-electron chi connectivity index (χ2n) is 5.87. The number of hydrogen-bond acceptors (Lipinski definition) is 3. The predicted octanol–water partition coefficient (Wildman–Crippen LogP) is 2.30. The molecular weight excluding hydrogens is 350 g/mol. The second kappa shape index (κ2) is 12.1. The number of halogens is 1. The molecule has 0 saturated heterocycles. The number of hydrogen-bond donors (Lipinski definition) is 3. The second-order valence-corrected chi connectivity index (χ2v) is 5.87. The van der Waals surface area contributed by atoms with Crippen molar-refractivity contribution in [3.63, 3.8) is 0 Å². The van der Waals surface area contributed by atoms with Crippen molar-refractivity contribution in [2.24, 2.45) is 5.73 Å². The fourth-order valence-electron chi connectivity index (χ4n) is 2.49. The summed E-state index contributed by atoms with van der Waals surface area (Å²) < 4.78 is 0. The van der Waals surface area contributed by atoms with Gasteiger partial charge in [0.05, 0.1) is 0 Å². The Morgan fingerprint density at radius 1 is 0.923 bits per heavy atom. The van der Waals surface area contributed by atoms with Crippen LogP contribution in [0.2, 0.25) is 0 Å². The number of unbranched alkanes of at least 4 members (excludes halogenated alkanes) is 1. The Balaban J connectivity index is 0.00000338. The van der Waals surface area contributed by atoms with E-state index in [9.17, 15) is 9.59 Å². The average molecular weight is 376 g/mol. The Bertz CT molecular complexity index is 665. The molecule has 0 fully saturated rings. The number of carbonyl (C=O) groups excluding carboxylic acids is 2. The van der Waals surface area contributed by atoms with Crippen molar-refractivity contribution in [3.05, 3.63) is 71.8 Å². The maximum absolute atomic E-state index is 12.5. The molecule has 0 radical (unpaired) electrons. The van der Waals surface area contributed by atoms with Gasteiger partial charge in [-0.1, -0.05) is 48.5 Å². The lowest BCUT2D eigenvalue weighted by atomic mass is 10.0. The third-order valence-corrected chi connectivity index (χ3v) is 3.87. The number of carbonyl (C=O) groups is 2. The van der Waals surface area contributed by atoms with Crippen molar-refractivity contribution in [1.82, 2.24) is 10.6 Å². The fraction of sp³-hybridized carbons (Fsp3) is 0.300. The van der Waals surface area contributed by atoms with Crippen LogP contribution in [0.3, 0.4) is 0 Å². The SMILES string of the molecule is Cl.NCCCCNC(=O)C(Cc1ccccc1)NC(=O)c1ccccc1. The van der Waals surface area contributed by atoms with Crippen LogP contribution < -0.4 is 16.4 Å². The molecular formula is C20H26ClN3O2. The van der Waals surface area contributed by atoms with Crippen LogP contribution in [0.15, 0.2) is 60.7 Å². The van der Waals surface area contributed by atoms with Crippen LogP contribution in [0, 0.1) is 0 Å². The van der Waals surface area contributed by atoms with E-state index >= 15 is 0 Å². The number of amides is 2. The largest absolute Gasteiger partial charge is 0.354 e. The first-order valence-electron chi connectivity index (χ1n) is 8.58. The quantitative estimate of drug-likeness (QED) is 0.588. The lowest BCUT2D eigenvalue weighted by molar-refractivity contribution is -0.122. The zero-order valence-electron chi connectivity index (χ0n) is 14.7. The van der Waals surface area contributed by atoms with Gasteiger partial charge in [0.15, 0.2) is 0 Å². The first-order valence-corrected chi connectivity index (χ1v) is 8.58. The van der Waals surface area contributed by atoms with Gasteiger partial charge in [0.2, 0.25) is 5.91 Å². The number of nitrogens with two attached hydrogens (primary N) is 1. The zero-order valence-corrected chi connectivity index (χ0v) is 15.5. The Morgan fingerprint density at radius 3 is 2.15 bits per heavy atom. The van der Waals surface area contributed by atoms with E-state index in [1.54, 1.807) is 24.3 Å². The molecule has 0 aromatic heterocycles. The summed E-state index contributed by atoms with van der Waals surface area (Å²) in [4.78, 5) is 24.9. The molecule has 0 bridgehead atoms. The van der Waals surface area contributed by atoms with Gasteiger partial charge in [-0.05, 0) is 37.1 Å². The minimum absolute atomic E-state index is 0. The van der Waals surface area contributed by atoms with Gasteiger partial charge in [0.25, 0.3) is 5.91 Å². The van der Waals surface area contributed by atoms with Crippen molar-refractivity contribution in [3.8, 4) is 0 Å². The molecule has 0 heterocycles. The molecule has 2 amide bonds. The van der Waals surface area contributed by atoms with Gasteiger partial charge in [-0.2, -0.15) is 0 Å². The van der Waals surface area contributed by atoms with Crippen molar-refractivity contribution in [2.45, 2.75) is 25.3 Å². The topological polar surface area (TPSA) is 84.2 Å². The molecule has 4 N–H and O–H groups in total. The summed E-state index contributed by atoms with van der Waals surface area (Å²) in [5.41, 5.74) is 7.00. The molecule has 6 heteroatoms. The highest BCUT2D eigenvalue weighted by Crippen LogP contribution is 2.06. The maximum Gasteiger partial charge on any atom is 0.251 e. The highest BCUT2D eigenvalue weighted by molar-refractivity contribution is 5.97. The van der Waals surface area contributed by atoms with Crippen LogP contribution >= 0.6 is 12.4 Å². The van der Waals surface area contributed by atoms with E-state index in [2.05, 4.69) is 10.6 Å². The molecule has 26 heavy (non-hydrogen) atoms. The lowest BCUT2D eigenvalue weighted by Gasteiger charge is -2.19. The van der Waals surface area contributed by atoms with E-state index < -0.39 is 6.04 Å². The van der Waals surface area contributed by atoms with E-state index in [1.807, 2.05) is 36.4 Å². The van der Waals surface area contributed by atoms with Crippen LogP contribution in [0.5, 0.6) is 0 Å². The van der Waals surface area contributed by atoms with Crippen LogP contribution in [0.25, 0.3) is 0 Å². The predicted molar refractivity (Wildman–Crippen MR) is 106 cm³/mol. The summed E-state index contributed by atoms with van der Waals surface area (Å²) in [5, 5.41) is 5.73. The van der Waals surface area contributed by atoms with Gasteiger partial charge in [-0.3, -0.25) is 9.59 Å². The molecule has 1 atom stereocenters. The fourth-order valence-corrected chi connectivity index (χ4v) is 2.49. The molecule has 140 valence electrons. The summed E-state index contributed by atoms with van der Waals surface area (Å²) in [6.07, 6.45) is 2.13. The van der Waals surface area contributed by atoms with E-state index in [0.717, 1.165) is 18.4 Å². The van der Waals surface area contributed by atoms with E-state index in [4.69, 9.17) is 5.73 Å². The third kappa shape index (κ3) is 7.25. The number of rotatable bonds is 9. The van der Waals surface area contributed by atoms with E-state index in [0.29, 0.717) is 25.1 Å². The smallest absolute Gasteiger partial charge is 0.251 e. The van der Waals surface area contributed by atoms with Gasteiger partial charge < -0.3 is 16.4 Å². The summed E-state index contributed by atoms with van der Waals surface area (Å²) in [5.74, 6) is -0.427. The van der Waals surface area contributed by atoms with Crippen molar-refractivity contribution < 1.29 is 9.59 Å². The molecule has 0 aliphatic rings. The average Bonchev–Trinajstić information content (AvgIpc) is 2.66. The minimum Gasteiger partial charge on any atom is -0.354 e. The van der Waals surface area contributed by atoms with Crippen LogP contribution in [0.1, 0.15) is 28.8 Å². The van der Waals surface area contributed by atoms with Crippen molar-refractivity contribution >= 4 is 24.2 Å². The van der Waals surface area contributed by atoms with Crippen LogP contribution in [-0.4, -0.2) is 30.9 Å². The lowest BCUT2D eigenvalue weighted by Crippen LogP contribution is -2.48. The Kier molecular flexibility index (Phi) is 10.1. The molecule has 0 spiro atoms.